The summed E-state index contributed by atoms with van der Waals surface area (Å²) in [6, 6.07) is 0. The molecule has 0 rings (SSSR count). The lowest BCUT2D eigenvalue weighted by atomic mass is 10.1. The maximum absolute atomic E-state index is 11.3. The Balaban J connectivity index is 4.11. The van der Waals surface area contributed by atoms with E-state index in [0.29, 0.717) is 6.61 Å². The van der Waals surface area contributed by atoms with Gasteiger partial charge in [-0.1, -0.05) is 0 Å². The summed E-state index contributed by atoms with van der Waals surface area (Å²) in [5.41, 5.74) is 2.21. The summed E-state index contributed by atoms with van der Waals surface area (Å²) in [6.45, 7) is 3.33. The highest BCUT2D eigenvalue weighted by Gasteiger charge is 2.12. The number of methoxy groups -OCH3 is 1. The zero-order chi connectivity index (χ0) is 11.8. The molecule has 6 heteroatoms. The number of hydrogen-bond acceptors (Lipinski definition) is 4. The quantitative estimate of drug-likeness (QED) is 0.374. The van der Waals surface area contributed by atoms with Crippen molar-refractivity contribution in [3.05, 3.63) is 11.1 Å². The number of carbonyl (C=O) groups is 2. The van der Waals surface area contributed by atoms with Gasteiger partial charge in [-0.3, -0.25) is 9.63 Å². The maximum Gasteiger partial charge on any atom is 0.331 e. The number of carboxylic acids is 1. The van der Waals surface area contributed by atoms with E-state index >= 15 is 0 Å². The predicted octanol–water partition coefficient (Wildman–Crippen LogP) is 0.102. The van der Waals surface area contributed by atoms with Crippen molar-refractivity contribution in [3.8, 4) is 0 Å². The molecule has 0 heterocycles. The number of carboxylic acid groups (broad SMARTS) is 1. The summed E-state index contributed by atoms with van der Waals surface area (Å²) in [7, 11) is 1.50. The largest absolute Gasteiger partial charge is 0.478 e. The van der Waals surface area contributed by atoms with Gasteiger partial charge in [0.2, 0.25) is 0 Å². The van der Waals surface area contributed by atoms with Gasteiger partial charge in [0, 0.05) is 18.3 Å². The molecule has 0 spiro atoms. The van der Waals surface area contributed by atoms with E-state index in [4.69, 9.17) is 9.94 Å². The molecular formula is C9H15NO5. The molecule has 0 aliphatic carbocycles. The van der Waals surface area contributed by atoms with Gasteiger partial charge in [0.15, 0.2) is 0 Å². The minimum Gasteiger partial charge on any atom is -0.478 e. The molecule has 0 fully saturated rings. The van der Waals surface area contributed by atoms with E-state index in [1.807, 2.05) is 0 Å². The number of ether oxygens (including phenoxy) is 1. The van der Waals surface area contributed by atoms with Gasteiger partial charge in [-0.15, -0.1) is 0 Å². The fraction of sp³-hybridized carbons (Fsp3) is 0.556. The Morgan fingerprint density at radius 3 is 2.27 bits per heavy atom. The van der Waals surface area contributed by atoms with Crippen LogP contribution in [0.5, 0.6) is 0 Å². The standard InChI is InChI=1S/C9H15NO5/c1-6(7(2)9(12)13)8(11)10-15-5-4-14-3/h4-5H2,1-3H3,(H,10,11)(H,12,13). The Kier molecular flexibility index (Phi) is 6.32. The molecule has 0 bridgehead atoms. The van der Waals surface area contributed by atoms with E-state index in [0.717, 1.165) is 0 Å². The van der Waals surface area contributed by atoms with E-state index in [2.05, 4.69) is 10.2 Å². The Hall–Kier alpha value is -1.40. The second kappa shape index (κ2) is 6.97. The highest BCUT2D eigenvalue weighted by Crippen LogP contribution is 2.02. The molecule has 1 amide bonds. The van der Waals surface area contributed by atoms with Crippen molar-refractivity contribution in [1.29, 1.82) is 0 Å². The minimum atomic E-state index is -1.13. The first-order valence-corrected chi connectivity index (χ1v) is 4.32. The molecule has 0 saturated carbocycles. The lowest BCUT2D eigenvalue weighted by Gasteiger charge is -2.06. The summed E-state index contributed by atoms with van der Waals surface area (Å²) in [4.78, 5) is 26.5. The van der Waals surface area contributed by atoms with Crippen LogP contribution in [0.4, 0.5) is 0 Å². The van der Waals surface area contributed by atoms with E-state index in [9.17, 15) is 9.59 Å². The first-order chi connectivity index (χ1) is 7.00. The topological polar surface area (TPSA) is 84.9 Å². The Morgan fingerprint density at radius 2 is 1.80 bits per heavy atom. The number of nitrogens with one attached hydrogen (secondary N) is 1. The van der Waals surface area contributed by atoms with Crippen LogP contribution >= 0.6 is 0 Å². The van der Waals surface area contributed by atoms with Gasteiger partial charge in [-0.25, -0.2) is 10.3 Å². The van der Waals surface area contributed by atoms with Gasteiger partial charge >= 0.3 is 5.97 Å². The van der Waals surface area contributed by atoms with E-state index in [-0.39, 0.29) is 17.8 Å². The molecule has 6 nitrogen and oxygen atoms in total. The van der Waals surface area contributed by atoms with Gasteiger partial charge in [0.1, 0.15) is 0 Å². The Morgan fingerprint density at radius 1 is 1.20 bits per heavy atom. The third-order valence-corrected chi connectivity index (χ3v) is 1.78. The van der Waals surface area contributed by atoms with E-state index in [1.54, 1.807) is 0 Å². The van der Waals surface area contributed by atoms with Crippen molar-refractivity contribution in [1.82, 2.24) is 5.48 Å². The molecular weight excluding hydrogens is 202 g/mol. The first-order valence-electron chi connectivity index (χ1n) is 4.32. The van der Waals surface area contributed by atoms with Crippen LogP contribution in [0, 0.1) is 0 Å². The van der Waals surface area contributed by atoms with E-state index < -0.39 is 11.9 Å². The fourth-order valence-corrected chi connectivity index (χ4v) is 0.649. The molecule has 0 radical (unpaired) electrons. The third-order valence-electron chi connectivity index (χ3n) is 1.78. The Bertz CT molecular complexity index is 272. The number of aliphatic carboxylic acids is 1. The van der Waals surface area contributed by atoms with E-state index in [1.165, 1.54) is 21.0 Å². The van der Waals surface area contributed by atoms with Crippen LogP contribution in [-0.4, -0.2) is 37.3 Å². The van der Waals surface area contributed by atoms with Crippen LogP contribution in [0.25, 0.3) is 0 Å². The van der Waals surface area contributed by atoms with Crippen LogP contribution in [0.2, 0.25) is 0 Å². The molecule has 0 unspecified atom stereocenters. The van der Waals surface area contributed by atoms with Crippen molar-refractivity contribution >= 4 is 11.9 Å². The van der Waals surface area contributed by atoms with Gasteiger partial charge in [-0.2, -0.15) is 0 Å². The highest BCUT2D eigenvalue weighted by atomic mass is 16.7. The smallest absolute Gasteiger partial charge is 0.331 e. The van der Waals surface area contributed by atoms with Crippen molar-refractivity contribution in [3.63, 3.8) is 0 Å². The average molecular weight is 217 g/mol. The second-order valence-electron chi connectivity index (χ2n) is 2.83. The van der Waals surface area contributed by atoms with Crippen LogP contribution in [-0.2, 0) is 19.2 Å². The number of carbonyl (C=O) groups excluding carboxylic acids is 1. The maximum atomic E-state index is 11.3. The molecule has 86 valence electrons. The first kappa shape index (κ1) is 13.6. The molecule has 0 aromatic heterocycles. The molecule has 2 N–H and O–H groups in total. The van der Waals surface area contributed by atoms with Crippen molar-refractivity contribution in [2.75, 3.05) is 20.3 Å². The van der Waals surface area contributed by atoms with Crippen molar-refractivity contribution in [2.45, 2.75) is 13.8 Å². The number of hydrogen-bond donors (Lipinski definition) is 2. The molecule has 0 aromatic rings. The number of hydroxylamine groups is 1. The van der Waals surface area contributed by atoms with Gasteiger partial charge in [-0.05, 0) is 13.8 Å². The molecule has 0 atom stereocenters. The molecule has 15 heavy (non-hydrogen) atoms. The molecule has 0 saturated heterocycles. The number of amides is 1. The predicted molar refractivity (Wildman–Crippen MR) is 52.0 cm³/mol. The second-order valence-corrected chi connectivity index (χ2v) is 2.83. The summed E-state index contributed by atoms with van der Waals surface area (Å²) in [5, 5.41) is 8.61. The highest BCUT2D eigenvalue weighted by molar-refractivity contribution is 6.00. The van der Waals surface area contributed by atoms with Crippen LogP contribution in [0.1, 0.15) is 13.8 Å². The summed E-state index contributed by atoms with van der Waals surface area (Å²) in [5.74, 6) is -1.69. The summed E-state index contributed by atoms with van der Waals surface area (Å²) < 4.78 is 4.69. The molecule has 0 aliphatic heterocycles. The third kappa shape index (κ3) is 5.14. The SMILES string of the molecule is COCCONC(=O)C(C)=C(C)C(=O)O. The van der Waals surface area contributed by atoms with Crippen LogP contribution in [0.15, 0.2) is 11.1 Å². The van der Waals surface area contributed by atoms with Crippen LogP contribution in [0.3, 0.4) is 0 Å². The average Bonchev–Trinajstić information content (AvgIpc) is 2.21. The summed E-state index contributed by atoms with van der Waals surface area (Å²) >= 11 is 0. The Labute approximate surface area is 87.8 Å². The molecule has 0 aliphatic rings. The number of rotatable bonds is 6. The van der Waals surface area contributed by atoms with Crippen molar-refractivity contribution in [2.24, 2.45) is 0 Å². The zero-order valence-electron chi connectivity index (χ0n) is 8.99. The summed E-state index contributed by atoms with van der Waals surface area (Å²) in [6.07, 6.45) is 0. The normalized spacial score (nSPS) is 11.9. The van der Waals surface area contributed by atoms with Crippen LogP contribution < -0.4 is 5.48 Å². The zero-order valence-corrected chi connectivity index (χ0v) is 8.99. The van der Waals surface area contributed by atoms with Gasteiger partial charge in [0.05, 0.1) is 13.2 Å². The fourth-order valence-electron chi connectivity index (χ4n) is 0.649. The molecule has 0 aromatic carbocycles. The minimum absolute atomic E-state index is 0.0113. The van der Waals surface area contributed by atoms with Gasteiger partial charge in [0.25, 0.3) is 5.91 Å². The monoisotopic (exact) mass is 217 g/mol. The van der Waals surface area contributed by atoms with Gasteiger partial charge < -0.3 is 9.84 Å². The van der Waals surface area contributed by atoms with Crippen molar-refractivity contribution < 1.29 is 24.3 Å². The lowest BCUT2D eigenvalue weighted by Crippen LogP contribution is -2.27. The lowest BCUT2D eigenvalue weighted by molar-refractivity contribution is -0.134.